The van der Waals surface area contributed by atoms with Gasteiger partial charge < -0.3 is 9.30 Å². The maximum atomic E-state index is 12.7. The lowest BCUT2D eigenvalue weighted by Crippen LogP contribution is -2.19. The topological polar surface area (TPSA) is 77.7 Å². The van der Waals surface area contributed by atoms with Gasteiger partial charge in [0.1, 0.15) is 0 Å². The standard InChI is InChI=1S/C18H16BrClN2O4S2/c1-26-8-7-22-15-6-4-12(28(2,24)25)10-16(15)27-18(22)21-17(23)13-9-11(19)3-5-14(13)20/h3-6,9-10H,7-8H2,1-2H3. The first-order valence-corrected chi connectivity index (χ1v) is 11.9. The molecule has 148 valence electrons. The third-order valence-electron chi connectivity index (χ3n) is 3.96. The van der Waals surface area contributed by atoms with Crippen LogP contribution in [0.3, 0.4) is 0 Å². The maximum Gasteiger partial charge on any atom is 0.281 e. The number of carbonyl (C=O) groups is 1. The lowest BCUT2D eigenvalue weighted by atomic mass is 10.2. The van der Waals surface area contributed by atoms with Gasteiger partial charge in [-0.25, -0.2) is 8.42 Å². The van der Waals surface area contributed by atoms with Crippen LogP contribution in [-0.2, 0) is 21.1 Å². The van der Waals surface area contributed by atoms with Gasteiger partial charge in [-0.15, -0.1) is 0 Å². The van der Waals surface area contributed by atoms with E-state index in [9.17, 15) is 13.2 Å². The second-order valence-corrected chi connectivity index (χ2v) is 10.3. The summed E-state index contributed by atoms with van der Waals surface area (Å²) in [4.78, 5) is 17.6. The highest BCUT2D eigenvalue weighted by molar-refractivity contribution is 9.10. The summed E-state index contributed by atoms with van der Waals surface area (Å²) < 4.78 is 32.1. The summed E-state index contributed by atoms with van der Waals surface area (Å²) in [5.41, 5.74) is 1.06. The molecule has 0 atom stereocenters. The Hall–Kier alpha value is -1.52. The molecule has 0 unspecified atom stereocenters. The molecule has 0 saturated heterocycles. The summed E-state index contributed by atoms with van der Waals surface area (Å²) >= 11 is 10.7. The van der Waals surface area contributed by atoms with Crippen LogP contribution in [0.25, 0.3) is 10.2 Å². The Morgan fingerprint density at radius 3 is 2.71 bits per heavy atom. The van der Waals surface area contributed by atoms with Gasteiger partial charge in [0.05, 0.1) is 32.3 Å². The predicted octanol–water partition coefficient (Wildman–Crippen LogP) is 3.91. The zero-order valence-corrected chi connectivity index (χ0v) is 19.0. The minimum atomic E-state index is -3.34. The first-order chi connectivity index (χ1) is 13.2. The fourth-order valence-corrected chi connectivity index (χ4v) is 4.95. The smallest absolute Gasteiger partial charge is 0.281 e. The lowest BCUT2D eigenvalue weighted by molar-refractivity contribution is 0.0997. The van der Waals surface area contributed by atoms with Crippen molar-refractivity contribution < 1.29 is 17.9 Å². The van der Waals surface area contributed by atoms with Crippen LogP contribution in [0.1, 0.15) is 10.4 Å². The monoisotopic (exact) mass is 502 g/mol. The Labute approximate surface area is 179 Å². The third kappa shape index (κ3) is 4.55. The second kappa shape index (κ2) is 8.46. The number of halogens is 2. The Kier molecular flexibility index (Phi) is 6.41. The second-order valence-electron chi connectivity index (χ2n) is 5.97. The first-order valence-electron chi connectivity index (χ1n) is 8.07. The van der Waals surface area contributed by atoms with Crippen molar-refractivity contribution in [3.8, 4) is 0 Å². The van der Waals surface area contributed by atoms with Crippen LogP contribution < -0.4 is 4.80 Å². The zero-order valence-electron chi connectivity index (χ0n) is 15.0. The molecule has 0 bridgehead atoms. The van der Waals surface area contributed by atoms with Crippen molar-refractivity contribution in [1.82, 2.24) is 4.57 Å². The molecule has 0 spiro atoms. The molecule has 28 heavy (non-hydrogen) atoms. The number of methoxy groups -OCH3 is 1. The van der Waals surface area contributed by atoms with Gasteiger partial charge in [0, 0.05) is 24.4 Å². The molecule has 6 nitrogen and oxygen atoms in total. The number of hydrogen-bond acceptors (Lipinski definition) is 5. The van der Waals surface area contributed by atoms with E-state index in [1.807, 2.05) is 4.57 Å². The van der Waals surface area contributed by atoms with Crippen molar-refractivity contribution in [3.63, 3.8) is 0 Å². The van der Waals surface area contributed by atoms with Gasteiger partial charge in [-0.3, -0.25) is 4.79 Å². The number of carbonyl (C=O) groups excluding carboxylic acids is 1. The SMILES string of the molecule is COCCn1c(=NC(=O)c2cc(Br)ccc2Cl)sc2cc(S(C)(=O)=O)ccc21. The Morgan fingerprint density at radius 2 is 2.04 bits per heavy atom. The normalized spacial score (nSPS) is 12.6. The molecule has 0 aliphatic carbocycles. The fourth-order valence-electron chi connectivity index (χ4n) is 2.58. The molecule has 3 rings (SSSR count). The van der Waals surface area contributed by atoms with Gasteiger partial charge in [-0.2, -0.15) is 4.99 Å². The van der Waals surface area contributed by atoms with E-state index in [1.165, 1.54) is 11.3 Å². The van der Waals surface area contributed by atoms with Crippen LogP contribution in [0.15, 0.2) is 50.8 Å². The number of nitrogens with zero attached hydrogens (tertiary/aromatic N) is 2. The molecule has 2 aromatic carbocycles. The molecule has 0 radical (unpaired) electrons. The summed E-state index contributed by atoms with van der Waals surface area (Å²) in [5, 5.41) is 0.306. The molecule has 1 aromatic heterocycles. The molecule has 3 aromatic rings. The van der Waals surface area contributed by atoms with Gasteiger partial charge >= 0.3 is 0 Å². The zero-order chi connectivity index (χ0) is 20.5. The van der Waals surface area contributed by atoms with Crippen LogP contribution >= 0.6 is 38.9 Å². The quantitative estimate of drug-likeness (QED) is 0.529. The van der Waals surface area contributed by atoms with E-state index in [2.05, 4.69) is 20.9 Å². The van der Waals surface area contributed by atoms with Crippen LogP contribution in [-0.4, -0.2) is 38.9 Å². The van der Waals surface area contributed by atoms with Gasteiger partial charge in [0.25, 0.3) is 5.91 Å². The van der Waals surface area contributed by atoms with Crippen LogP contribution in [0.5, 0.6) is 0 Å². The molecular weight excluding hydrogens is 488 g/mol. The highest BCUT2D eigenvalue weighted by Crippen LogP contribution is 2.24. The Bertz CT molecular complexity index is 1230. The van der Waals surface area contributed by atoms with Crippen molar-refractivity contribution in [3.05, 3.63) is 56.3 Å². The van der Waals surface area contributed by atoms with Crippen LogP contribution in [0.2, 0.25) is 5.02 Å². The Balaban J connectivity index is 2.18. The van der Waals surface area contributed by atoms with Gasteiger partial charge in [0.2, 0.25) is 0 Å². The minimum absolute atomic E-state index is 0.216. The molecule has 1 heterocycles. The van der Waals surface area contributed by atoms with Crippen molar-refractivity contribution in [1.29, 1.82) is 0 Å². The number of thiazole rings is 1. The predicted molar refractivity (Wildman–Crippen MR) is 114 cm³/mol. The summed E-state index contributed by atoms with van der Waals surface area (Å²) in [6.07, 6.45) is 1.16. The molecule has 10 heteroatoms. The average molecular weight is 504 g/mol. The number of rotatable bonds is 5. The minimum Gasteiger partial charge on any atom is -0.383 e. The summed E-state index contributed by atoms with van der Waals surface area (Å²) in [6, 6.07) is 9.83. The molecule has 1 amide bonds. The van der Waals surface area contributed by atoms with E-state index in [0.29, 0.717) is 27.7 Å². The maximum absolute atomic E-state index is 12.7. The molecule has 0 saturated carbocycles. The number of sulfone groups is 1. The number of benzene rings is 2. The molecule has 0 aliphatic rings. The summed E-state index contributed by atoms with van der Waals surface area (Å²) in [5.74, 6) is -0.479. The van der Waals surface area contributed by atoms with Gasteiger partial charge in [0.15, 0.2) is 14.6 Å². The Morgan fingerprint density at radius 1 is 1.29 bits per heavy atom. The third-order valence-corrected chi connectivity index (χ3v) is 6.93. The number of amides is 1. The molecular formula is C18H16BrClN2O4S2. The van der Waals surface area contributed by atoms with E-state index in [1.54, 1.807) is 43.5 Å². The number of hydrogen-bond donors (Lipinski definition) is 0. The number of aromatic nitrogens is 1. The summed E-state index contributed by atoms with van der Waals surface area (Å²) in [6.45, 7) is 0.881. The van der Waals surface area contributed by atoms with E-state index < -0.39 is 15.7 Å². The van der Waals surface area contributed by atoms with Crippen molar-refractivity contribution >= 4 is 64.8 Å². The first kappa shape index (κ1) is 21.2. The van der Waals surface area contributed by atoms with Crippen molar-refractivity contribution in [2.45, 2.75) is 11.4 Å². The highest BCUT2D eigenvalue weighted by Gasteiger charge is 2.14. The molecule has 0 N–H and O–H groups in total. The number of fused-ring (bicyclic) bond motifs is 1. The van der Waals surface area contributed by atoms with E-state index >= 15 is 0 Å². The van der Waals surface area contributed by atoms with Gasteiger partial charge in [-0.05, 0) is 36.4 Å². The summed E-state index contributed by atoms with van der Waals surface area (Å²) in [7, 11) is -1.76. The highest BCUT2D eigenvalue weighted by atomic mass is 79.9. The van der Waals surface area contributed by atoms with Gasteiger partial charge in [-0.1, -0.05) is 38.9 Å². The molecule has 0 fully saturated rings. The van der Waals surface area contributed by atoms with Crippen molar-refractivity contribution in [2.75, 3.05) is 20.0 Å². The van der Waals surface area contributed by atoms with Crippen LogP contribution in [0, 0.1) is 0 Å². The van der Waals surface area contributed by atoms with Crippen molar-refractivity contribution in [2.24, 2.45) is 4.99 Å². The average Bonchev–Trinajstić information content (AvgIpc) is 2.97. The fraction of sp³-hybridized carbons (Fsp3) is 0.222. The molecule has 0 aliphatic heterocycles. The van der Waals surface area contributed by atoms with E-state index in [0.717, 1.165) is 16.2 Å². The van der Waals surface area contributed by atoms with Crippen LogP contribution in [0.4, 0.5) is 0 Å². The lowest BCUT2D eigenvalue weighted by Gasteiger charge is -2.05. The number of ether oxygens (including phenoxy) is 1. The largest absolute Gasteiger partial charge is 0.383 e. The van der Waals surface area contributed by atoms with E-state index in [4.69, 9.17) is 16.3 Å². The van der Waals surface area contributed by atoms with E-state index in [-0.39, 0.29) is 10.5 Å².